The average Bonchev–Trinajstić information content (AvgIpc) is 2.93. The van der Waals surface area contributed by atoms with E-state index in [0.717, 1.165) is 33.0 Å². The molecule has 0 spiro atoms. The van der Waals surface area contributed by atoms with Crippen LogP contribution in [0.5, 0.6) is 11.5 Å². The van der Waals surface area contributed by atoms with E-state index in [4.69, 9.17) is 13.9 Å². The Bertz CT molecular complexity index is 636. The van der Waals surface area contributed by atoms with E-state index in [0.29, 0.717) is 24.3 Å². The van der Waals surface area contributed by atoms with Gasteiger partial charge in [-0.1, -0.05) is 27.7 Å². The zero-order chi connectivity index (χ0) is 14.7. The van der Waals surface area contributed by atoms with Crippen molar-refractivity contribution in [3.63, 3.8) is 0 Å². The first-order chi connectivity index (χ1) is 10.3. The maximum atomic E-state index is 5.60. The van der Waals surface area contributed by atoms with Gasteiger partial charge in [-0.15, -0.1) is 10.2 Å². The number of benzene rings is 1. The minimum Gasteiger partial charge on any atom is -0.486 e. The molecule has 1 aliphatic heterocycles. The van der Waals surface area contributed by atoms with E-state index < -0.39 is 0 Å². The molecule has 1 aromatic heterocycles. The predicted molar refractivity (Wildman–Crippen MR) is 86.2 cm³/mol. The van der Waals surface area contributed by atoms with Crippen LogP contribution in [0.4, 0.5) is 0 Å². The summed E-state index contributed by atoms with van der Waals surface area (Å²) in [5.74, 6) is 3.68. The van der Waals surface area contributed by atoms with Crippen molar-refractivity contribution in [3.05, 3.63) is 28.1 Å². The molecule has 0 N–H and O–H groups in total. The molecule has 0 bridgehead atoms. The van der Waals surface area contributed by atoms with E-state index in [2.05, 4.69) is 26.1 Å². The number of fused-ring (bicyclic) bond motifs is 1. The van der Waals surface area contributed by atoms with Gasteiger partial charge in [-0.3, -0.25) is 0 Å². The van der Waals surface area contributed by atoms with Crippen LogP contribution in [-0.2, 0) is 11.5 Å². The zero-order valence-electron chi connectivity index (χ0n) is 11.3. The third-order valence-corrected chi connectivity index (χ3v) is 4.92. The van der Waals surface area contributed by atoms with Gasteiger partial charge in [-0.05, 0) is 24.0 Å². The highest BCUT2D eigenvalue weighted by molar-refractivity contribution is 9.10. The molecule has 0 saturated carbocycles. The lowest BCUT2D eigenvalue weighted by Crippen LogP contribution is -2.15. The van der Waals surface area contributed by atoms with Gasteiger partial charge in [0, 0.05) is 10.2 Å². The van der Waals surface area contributed by atoms with E-state index in [1.165, 1.54) is 11.8 Å². The van der Waals surface area contributed by atoms with E-state index in [1.807, 2.05) is 18.4 Å². The van der Waals surface area contributed by atoms with E-state index in [1.54, 1.807) is 11.8 Å². The van der Waals surface area contributed by atoms with Gasteiger partial charge < -0.3 is 13.9 Å². The fourth-order valence-electron chi connectivity index (χ4n) is 1.83. The van der Waals surface area contributed by atoms with Crippen LogP contribution in [0.3, 0.4) is 0 Å². The highest BCUT2D eigenvalue weighted by atomic mass is 79.9. The lowest BCUT2D eigenvalue weighted by Gasteiger charge is -2.19. The van der Waals surface area contributed by atoms with Crippen molar-refractivity contribution in [2.45, 2.75) is 16.7 Å². The number of ether oxygens (including phenoxy) is 2. The Morgan fingerprint density at radius 3 is 2.67 bits per heavy atom. The Labute approximate surface area is 139 Å². The summed E-state index contributed by atoms with van der Waals surface area (Å²) < 4.78 is 17.7. The average molecular weight is 389 g/mol. The van der Waals surface area contributed by atoms with Gasteiger partial charge in [0.2, 0.25) is 5.89 Å². The lowest BCUT2D eigenvalue weighted by molar-refractivity contribution is 0.171. The number of thioether (sulfide) groups is 2. The number of hydrogen-bond donors (Lipinski definition) is 0. The largest absolute Gasteiger partial charge is 0.486 e. The normalized spacial score (nSPS) is 13.4. The van der Waals surface area contributed by atoms with Gasteiger partial charge in [-0.2, -0.15) is 11.8 Å². The maximum absolute atomic E-state index is 5.60. The van der Waals surface area contributed by atoms with Crippen LogP contribution in [0.25, 0.3) is 0 Å². The number of halogens is 1. The molecule has 21 heavy (non-hydrogen) atoms. The summed E-state index contributed by atoms with van der Waals surface area (Å²) in [6.07, 6.45) is 2.00. The van der Waals surface area contributed by atoms with Crippen LogP contribution in [-0.4, -0.2) is 29.7 Å². The molecule has 0 amide bonds. The lowest BCUT2D eigenvalue weighted by atomic mass is 10.2. The van der Waals surface area contributed by atoms with Crippen LogP contribution in [0.1, 0.15) is 11.5 Å². The Morgan fingerprint density at radius 1 is 1.14 bits per heavy atom. The standard InChI is InChI=1S/C13H13BrN2O3S2/c1-20-7-12-15-16-13(19-12)21-6-8-4-10-11(5-9(8)14)18-3-2-17-10/h4-5H,2-3,6-7H2,1H3. The van der Waals surface area contributed by atoms with E-state index >= 15 is 0 Å². The minimum absolute atomic E-state index is 0.584. The molecule has 8 heteroatoms. The Balaban J connectivity index is 1.69. The Hall–Kier alpha value is -0.860. The van der Waals surface area contributed by atoms with Crippen molar-refractivity contribution in [3.8, 4) is 11.5 Å². The molecule has 2 heterocycles. The third kappa shape index (κ3) is 3.67. The van der Waals surface area contributed by atoms with Gasteiger partial charge in [0.25, 0.3) is 5.22 Å². The molecular weight excluding hydrogens is 376 g/mol. The van der Waals surface area contributed by atoms with Crippen molar-refractivity contribution >= 4 is 39.5 Å². The number of nitrogens with zero attached hydrogens (tertiary/aromatic N) is 2. The van der Waals surface area contributed by atoms with E-state index in [9.17, 15) is 0 Å². The van der Waals surface area contributed by atoms with Gasteiger partial charge >= 0.3 is 0 Å². The molecule has 0 saturated heterocycles. The molecule has 2 aromatic rings. The van der Waals surface area contributed by atoms with Gasteiger partial charge in [0.05, 0.1) is 5.75 Å². The Kier molecular flexibility index (Phi) is 4.97. The quantitative estimate of drug-likeness (QED) is 0.722. The third-order valence-electron chi connectivity index (χ3n) is 2.78. The highest BCUT2D eigenvalue weighted by Crippen LogP contribution is 2.37. The molecule has 1 aromatic carbocycles. The van der Waals surface area contributed by atoms with Crippen molar-refractivity contribution in [1.82, 2.24) is 10.2 Å². The molecule has 0 atom stereocenters. The monoisotopic (exact) mass is 388 g/mol. The molecule has 0 aliphatic carbocycles. The number of aromatic nitrogens is 2. The predicted octanol–water partition coefficient (Wildman–Crippen LogP) is 3.76. The molecule has 5 nitrogen and oxygen atoms in total. The smallest absolute Gasteiger partial charge is 0.276 e. The fourth-order valence-corrected chi connectivity index (χ4v) is 3.62. The van der Waals surface area contributed by atoms with Gasteiger partial charge in [0.15, 0.2) is 11.5 Å². The van der Waals surface area contributed by atoms with Crippen LogP contribution < -0.4 is 9.47 Å². The summed E-state index contributed by atoms with van der Waals surface area (Å²) in [5, 5.41) is 8.61. The number of rotatable bonds is 5. The first-order valence-corrected chi connectivity index (χ1v) is 9.45. The summed E-state index contributed by atoms with van der Waals surface area (Å²) >= 11 is 6.73. The molecule has 112 valence electrons. The van der Waals surface area contributed by atoms with Crippen molar-refractivity contribution in [1.29, 1.82) is 0 Å². The highest BCUT2D eigenvalue weighted by Gasteiger charge is 2.16. The molecule has 0 unspecified atom stereocenters. The molecule has 1 aliphatic rings. The molecule has 3 rings (SSSR count). The van der Waals surface area contributed by atoms with Crippen LogP contribution >= 0.6 is 39.5 Å². The summed E-state index contributed by atoms with van der Waals surface area (Å²) in [4.78, 5) is 0. The SMILES string of the molecule is CSCc1nnc(SCc2cc3c(cc2Br)OCCO3)o1. The van der Waals surface area contributed by atoms with Crippen LogP contribution in [0.15, 0.2) is 26.2 Å². The second-order valence-corrected chi connectivity index (χ2v) is 6.92. The second kappa shape index (κ2) is 6.93. The molecule has 0 radical (unpaired) electrons. The fraction of sp³-hybridized carbons (Fsp3) is 0.385. The molecule has 0 fully saturated rings. The van der Waals surface area contributed by atoms with Gasteiger partial charge in [0.1, 0.15) is 13.2 Å². The van der Waals surface area contributed by atoms with Crippen molar-refractivity contribution in [2.24, 2.45) is 0 Å². The Morgan fingerprint density at radius 2 is 1.90 bits per heavy atom. The zero-order valence-corrected chi connectivity index (χ0v) is 14.5. The van der Waals surface area contributed by atoms with Crippen molar-refractivity contribution in [2.75, 3.05) is 19.5 Å². The first kappa shape index (κ1) is 15.1. The summed E-state index contributed by atoms with van der Waals surface area (Å²) in [6, 6.07) is 3.93. The summed E-state index contributed by atoms with van der Waals surface area (Å²) in [7, 11) is 0. The minimum atomic E-state index is 0.584. The van der Waals surface area contributed by atoms with Crippen LogP contribution in [0.2, 0.25) is 0 Å². The maximum Gasteiger partial charge on any atom is 0.276 e. The van der Waals surface area contributed by atoms with Crippen molar-refractivity contribution < 1.29 is 13.9 Å². The van der Waals surface area contributed by atoms with E-state index in [-0.39, 0.29) is 0 Å². The summed E-state index contributed by atoms with van der Waals surface area (Å²) in [6.45, 7) is 1.18. The van der Waals surface area contributed by atoms with Gasteiger partial charge in [-0.25, -0.2) is 0 Å². The van der Waals surface area contributed by atoms with Crippen LogP contribution in [0, 0.1) is 0 Å². The first-order valence-electron chi connectivity index (χ1n) is 6.28. The topological polar surface area (TPSA) is 57.4 Å². The summed E-state index contributed by atoms with van der Waals surface area (Å²) in [5.41, 5.74) is 1.11. The number of hydrogen-bond acceptors (Lipinski definition) is 7. The molecular formula is C13H13BrN2O3S2. The second-order valence-electron chi connectivity index (χ2n) is 4.27.